The van der Waals surface area contributed by atoms with Crippen LogP contribution in [0.3, 0.4) is 0 Å². The first-order valence-corrected chi connectivity index (χ1v) is 5.40. The fourth-order valence-corrected chi connectivity index (χ4v) is 1.84. The Morgan fingerprint density at radius 1 is 1.00 bits per heavy atom. The highest BCUT2D eigenvalue weighted by atomic mass is 19.1. The Morgan fingerprint density at radius 2 is 1.76 bits per heavy atom. The van der Waals surface area contributed by atoms with Gasteiger partial charge >= 0.3 is 0 Å². The molecule has 0 aliphatic heterocycles. The van der Waals surface area contributed by atoms with Crippen molar-refractivity contribution >= 4 is 0 Å². The molecule has 0 spiro atoms. The molecule has 0 unspecified atom stereocenters. The summed E-state index contributed by atoms with van der Waals surface area (Å²) in [5.74, 6) is -1.09. The molecule has 88 valence electrons. The van der Waals surface area contributed by atoms with Crippen molar-refractivity contribution in [3.8, 4) is 11.1 Å². The molecule has 1 nitrogen and oxygen atoms in total. The zero-order valence-corrected chi connectivity index (χ0v) is 9.50. The van der Waals surface area contributed by atoms with Gasteiger partial charge in [0.15, 0.2) is 0 Å². The van der Waals surface area contributed by atoms with Gasteiger partial charge in [-0.2, -0.15) is 0 Å². The molecule has 1 N–H and O–H groups in total. The van der Waals surface area contributed by atoms with Crippen LogP contribution in [-0.2, 0) is 6.54 Å². The Balaban J connectivity index is 2.52. The molecule has 2 aromatic rings. The summed E-state index contributed by atoms with van der Waals surface area (Å²) in [5, 5.41) is 3.03. The van der Waals surface area contributed by atoms with Crippen LogP contribution >= 0.6 is 0 Å². The molecule has 0 amide bonds. The van der Waals surface area contributed by atoms with E-state index in [0.717, 1.165) is 17.2 Å². The molecule has 0 aliphatic carbocycles. The van der Waals surface area contributed by atoms with Gasteiger partial charge in [-0.1, -0.05) is 24.3 Å². The van der Waals surface area contributed by atoms with Crippen molar-refractivity contribution in [1.29, 1.82) is 0 Å². The normalized spacial score (nSPS) is 10.5. The summed E-state index contributed by atoms with van der Waals surface area (Å²) >= 11 is 0. The lowest BCUT2D eigenvalue weighted by Crippen LogP contribution is -2.06. The van der Waals surface area contributed by atoms with Crippen molar-refractivity contribution in [3.05, 3.63) is 59.7 Å². The molecule has 0 aliphatic rings. The monoisotopic (exact) mass is 233 g/mol. The van der Waals surface area contributed by atoms with Crippen molar-refractivity contribution in [2.45, 2.75) is 6.54 Å². The lowest BCUT2D eigenvalue weighted by Gasteiger charge is -2.10. The van der Waals surface area contributed by atoms with Crippen molar-refractivity contribution in [3.63, 3.8) is 0 Å². The van der Waals surface area contributed by atoms with Crippen LogP contribution in [0.2, 0.25) is 0 Å². The number of hydrogen-bond donors (Lipinski definition) is 1. The highest BCUT2D eigenvalue weighted by Gasteiger charge is 2.09. The molecular formula is C14H13F2N. The topological polar surface area (TPSA) is 12.0 Å². The fourth-order valence-electron chi connectivity index (χ4n) is 1.84. The lowest BCUT2D eigenvalue weighted by molar-refractivity contribution is 0.585. The Hall–Kier alpha value is -1.74. The van der Waals surface area contributed by atoms with Gasteiger partial charge in [-0.15, -0.1) is 0 Å². The lowest BCUT2D eigenvalue weighted by atomic mass is 9.99. The van der Waals surface area contributed by atoms with E-state index in [1.807, 2.05) is 31.3 Å². The minimum Gasteiger partial charge on any atom is -0.316 e. The smallest absolute Gasteiger partial charge is 0.133 e. The van der Waals surface area contributed by atoms with Crippen LogP contribution in [0.15, 0.2) is 42.5 Å². The molecular weight excluding hydrogens is 220 g/mol. The maximum atomic E-state index is 13.7. The third-order valence-corrected chi connectivity index (χ3v) is 2.61. The number of nitrogens with one attached hydrogen (secondary N) is 1. The van der Waals surface area contributed by atoms with Crippen LogP contribution in [0.1, 0.15) is 5.56 Å². The Labute approximate surface area is 99.1 Å². The predicted molar refractivity (Wildman–Crippen MR) is 64.6 cm³/mol. The van der Waals surface area contributed by atoms with Crippen LogP contribution in [0, 0.1) is 11.6 Å². The Morgan fingerprint density at radius 3 is 2.47 bits per heavy atom. The van der Waals surface area contributed by atoms with Gasteiger partial charge in [0.25, 0.3) is 0 Å². The first-order chi connectivity index (χ1) is 8.22. The van der Waals surface area contributed by atoms with Gasteiger partial charge in [0, 0.05) is 18.2 Å². The predicted octanol–water partition coefficient (Wildman–Crippen LogP) is 3.35. The maximum absolute atomic E-state index is 13.7. The minimum atomic E-state index is -0.558. The third kappa shape index (κ3) is 2.50. The standard InChI is InChI=1S/C14H13F2N/c1-17-9-10-4-2-3-5-12(10)13-7-6-11(15)8-14(13)16/h2-8,17H,9H2,1H3. The van der Waals surface area contributed by atoms with Crippen molar-refractivity contribution in [1.82, 2.24) is 5.32 Å². The van der Waals surface area contributed by atoms with E-state index < -0.39 is 11.6 Å². The van der Waals surface area contributed by atoms with Gasteiger partial charge in [0.05, 0.1) is 0 Å². The van der Waals surface area contributed by atoms with E-state index in [2.05, 4.69) is 5.32 Å². The number of hydrogen-bond acceptors (Lipinski definition) is 1. The summed E-state index contributed by atoms with van der Waals surface area (Å²) < 4.78 is 26.6. The molecule has 2 rings (SSSR count). The highest BCUT2D eigenvalue weighted by molar-refractivity contribution is 5.67. The number of halogens is 2. The molecule has 0 saturated carbocycles. The second-order valence-electron chi connectivity index (χ2n) is 3.81. The van der Waals surface area contributed by atoms with Crippen LogP contribution in [0.4, 0.5) is 8.78 Å². The summed E-state index contributed by atoms with van der Waals surface area (Å²) in [7, 11) is 1.83. The molecule has 0 fully saturated rings. The second-order valence-corrected chi connectivity index (χ2v) is 3.81. The van der Waals surface area contributed by atoms with Gasteiger partial charge in [-0.05, 0) is 30.3 Å². The molecule has 2 aromatic carbocycles. The van der Waals surface area contributed by atoms with Gasteiger partial charge in [-0.3, -0.25) is 0 Å². The fraction of sp³-hybridized carbons (Fsp3) is 0.143. The average Bonchev–Trinajstić information content (AvgIpc) is 2.31. The first kappa shape index (κ1) is 11.7. The average molecular weight is 233 g/mol. The summed E-state index contributed by atoms with van der Waals surface area (Å²) in [4.78, 5) is 0. The van der Waals surface area contributed by atoms with Crippen molar-refractivity contribution < 1.29 is 8.78 Å². The molecule has 0 saturated heterocycles. The zero-order chi connectivity index (χ0) is 12.3. The Bertz CT molecular complexity index is 523. The summed E-state index contributed by atoms with van der Waals surface area (Å²) in [6.45, 7) is 0.646. The van der Waals surface area contributed by atoms with E-state index in [0.29, 0.717) is 12.1 Å². The summed E-state index contributed by atoms with van der Waals surface area (Å²) in [6, 6.07) is 11.2. The molecule has 0 radical (unpaired) electrons. The quantitative estimate of drug-likeness (QED) is 0.857. The molecule has 0 heterocycles. The largest absolute Gasteiger partial charge is 0.316 e. The second kappa shape index (κ2) is 5.06. The maximum Gasteiger partial charge on any atom is 0.133 e. The summed E-state index contributed by atoms with van der Waals surface area (Å²) in [6.07, 6.45) is 0. The molecule has 3 heteroatoms. The number of benzene rings is 2. The van der Waals surface area contributed by atoms with Gasteiger partial charge < -0.3 is 5.32 Å². The van der Waals surface area contributed by atoms with Gasteiger partial charge in [0.1, 0.15) is 11.6 Å². The molecule has 17 heavy (non-hydrogen) atoms. The summed E-state index contributed by atoms with van der Waals surface area (Å²) in [5.41, 5.74) is 2.21. The van der Waals surface area contributed by atoms with Crippen LogP contribution in [0.25, 0.3) is 11.1 Å². The third-order valence-electron chi connectivity index (χ3n) is 2.61. The van der Waals surface area contributed by atoms with E-state index in [9.17, 15) is 8.78 Å². The van der Waals surface area contributed by atoms with Crippen LogP contribution in [0.5, 0.6) is 0 Å². The number of rotatable bonds is 3. The highest BCUT2D eigenvalue weighted by Crippen LogP contribution is 2.26. The zero-order valence-electron chi connectivity index (χ0n) is 9.50. The molecule has 0 bridgehead atoms. The van der Waals surface area contributed by atoms with Crippen molar-refractivity contribution in [2.24, 2.45) is 0 Å². The van der Waals surface area contributed by atoms with E-state index in [4.69, 9.17) is 0 Å². The van der Waals surface area contributed by atoms with Crippen LogP contribution in [-0.4, -0.2) is 7.05 Å². The van der Waals surface area contributed by atoms with E-state index >= 15 is 0 Å². The van der Waals surface area contributed by atoms with E-state index in [1.54, 1.807) is 0 Å². The molecule has 0 atom stereocenters. The SMILES string of the molecule is CNCc1ccccc1-c1ccc(F)cc1F. The minimum absolute atomic E-state index is 0.428. The molecule has 0 aromatic heterocycles. The van der Waals surface area contributed by atoms with Gasteiger partial charge in [-0.25, -0.2) is 8.78 Å². The van der Waals surface area contributed by atoms with Crippen molar-refractivity contribution in [2.75, 3.05) is 7.05 Å². The van der Waals surface area contributed by atoms with Gasteiger partial charge in [0.2, 0.25) is 0 Å². The first-order valence-electron chi connectivity index (χ1n) is 5.40. The van der Waals surface area contributed by atoms with Crippen LogP contribution < -0.4 is 5.32 Å². The van der Waals surface area contributed by atoms with E-state index in [-0.39, 0.29) is 0 Å². The Kier molecular flexibility index (Phi) is 3.49. The van der Waals surface area contributed by atoms with E-state index in [1.165, 1.54) is 12.1 Å².